The molecular weight excluding hydrogens is 260 g/mol. The number of rotatable bonds is 6. The molecule has 1 aromatic carbocycles. The number of nitrogens with one attached hydrogen (secondary N) is 1. The number of halogens is 1. The predicted molar refractivity (Wildman–Crippen MR) is 79.5 cm³/mol. The van der Waals surface area contributed by atoms with E-state index in [0.717, 1.165) is 41.1 Å². The molecule has 1 unspecified atom stereocenters. The lowest BCUT2D eigenvalue weighted by molar-refractivity contribution is 0.164. The molecule has 3 nitrogen and oxygen atoms in total. The number of pyridine rings is 1. The Morgan fingerprint density at radius 1 is 1.37 bits per heavy atom. The summed E-state index contributed by atoms with van der Waals surface area (Å²) in [6, 6.07) is 8.23. The first-order valence-electron chi connectivity index (χ1n) is 6.50. The summed E-state index contributed by atoms with van der Waals surface area (Å²) in [5, 5.41) is 5.24. The average molecular weight is 279 g/mol. The van der Waals surface area contributed by atoms with Crippen LogP contribution in [0.15, 0.2) is 30.5 Å². The van der Waals surface area contributed by atoms with Crippen molar-refractivity contribution in [1.29, 1.82) is 0 Å². The normalized spacial score (nSPS) is 12.8. The van der Waals surface area contributed by atoms with Gasteiger partial charge in [0.15, 0.2) is 0 Å². The van der Waals surface area contributed by atoms with Gasteiger partial charge in [0.25, 0.3) is 0 Å². The zero-order chi connectivity index (χ0) is 13.7. The molecule has 0 saturated heterocycles. The minimum Gasteiger partial charge on any atom is -0.383 e. The van der Waals surface area contributed by atoms with E-state index in [-0.39, 0.29) is 0 Å². The number of methoxy groups -OCH3 is 1. The summed E-state index contributed by atoms with van der Waals surface area (Å²) in [6.45, 7) is 3.64. The van der Waals surface area contributed by atoms with Crippen LogP contribution in [0, 0.1) is 0 Å². The van der Waals surface area contributed by atoms with Gasteiger partial charge in [-0.15, -0.1) is 0 Å². The van der Waals surface area contributed by atoms with E-state index in [2.05, 4.69) is 17.2 Å². The van der Waals surface area contributed by atoms with Crippen molar-refractivity contribution in [1.82, 2.24) is 10.3 Å². The van der Waals surface area contributed by atoms with E-state index in [0.29, 0.717) is 6.04 Å². The molecule has 102 valence electrons. The molecule has 0 bridgehead atoms. The zero-order valence-electron chi connectivity index (χ0n) is 11.3. The van der Waals surface area contributed by atoms with Gasteiger partial charge in [0.1, 0.15) is 0 Å². The Hall–Kier alpha value is -1.16. The van der Waals surface area contributed by atoms with Crippen LogP contribution in [0.3, 0.4) is 0 Å². The van der Waals surface area contributed by atoms with Gasteiger partial charge in [-0.1, -0.05) is 24.6 Å². The molecule has 2 aromatic rings. The third-order valence-electron chi connectivity index (χ3n) is 3.24. The van der Waals surface area contributed by atoms with Gasteiger partial charge in [-0.05, 0) is 30.2 Å². The summed E-state index contributed by atoms with van der Waals surface area (Å²) < 4.78 is 5.19. The first-order valence-corrected chi connectivity index (χ1v) is 6.88. The highest BCUT2D eigenvalue weighted by atomic mass is 35.5. The minimum absolute atomic E-state index is 0.361. The molecule has 0 aliphatic rings. The number of ether oxygens (including phenoxy) is 1. The van der Waals surface area contributed by atoms with E-state index < -0.39 is 0 Å². The van der Waals surface area contributed by atoms with Gasteiger partial charge >= 0.3 is 0 Å². The predicted octanol–water partition coefficient (Wildman–Crippen LogP) is 3.40. The van der Waals surface area contributed by atoms with Crippen LogP contribution in [0.25, 0.3) is 10.9 Å². The summed E-state index contributed by atoms with van der Waals surface area (Å²) in [6.07, 6.45) is 2.83. The van der Waals surface area contributed by atoms with Gasteiger partial charge in [0.05, 0.1) is 12.1 Å². The minimum atomic E-state index is 0.361. The van der Waals surface area contributed by atoms with Crippen LogP contribution in [0.5, 0.6) is 0 Å². The van der Waals surface area contributed by atoms with Crippen LogP contribution >= 0.6 is 11.6 Å². The van der Waals surface area contributed by atoms with Crippen LogP contribution in [0.2, 0.25) is 5.02 Å². The van der Waals surface area contributed by atoms with Crippen LogP contribution in [0.4, 0.5) is 0 Å². The number of nitrogens with zero attached hydrogens (tertiary/aromatic N) is 1. The lowest BCUT2D eigenvalue weighted by Crippen LogP contribution is -2.32. The molecule has 0 saturated carbocycles. The van der Waals surface area contributed by atoms with E-state index in [9.17, 15) is 0 Å². The van der Waals surface area contributed by atoms with Crippen LogP contribution < -0.4 is 5.32 Å². The largest absolute Gasteiger partial charge is 0.383 e. The van der Waals surface area contributed by atoms with Gasteiger partial charge in [0.2, 0.25) is 0 Å². The Bertz CT molecular complexity index is 545. The lowest BCUT2D eigenvalue weighted by Gasteiger charge is -2.16. The lowest BCUT2D eigenvalue weighted by atomic mass is 10.1. The Balaban J connectivity index is 2.19. The van der Waals surface area contributed by atoms with E-state index >= 15 is 0 Å². The SMILES string of the molecule is CCC(COC)NCc1ccc(Cl)c2cccnc12. The molecule has 1 atom stereocenters. The molecule has 0 spiro atoms. The number of benzene rings is 1. The molecule has 4 heteroatoms. The third-order valence-corrected chi connectivity index (χ3v) is 3.57. The molecule has 0 amide bonds. The molecule has 0 fully saturated rings. The summed E-state index contributed by atoms with van der Waals surface area (Å²) in [4.78, 5) is 4.44. The molecule has 0 aliphatic heterocycles. The molecule has 1 heterocycles. The maximum atomic E-state index is 6.19. The van der Waals surface area contributed by atoms with Crippen molar-refractivity contribution >= 4 is 22.5 Å². The van der Waals surface area contributed by atoms with E-state index in [4.69, 9.17) is 16.3 Å². The number of aromatic nitrogens is 1. The van der Waals surface area contributed by atoms with Crippen LogP contribution in [-0.2, 0) is 11.3 Å². The molecule has 0 aliphatic carbocycles. The second-order valence-electron chi connectivity index (χ2n) is 4.55. The Morgan fingerprint density at radius 3 is 2.95 bits per heavy atom. The van der Waals surface area contributed by atoms with Crippen molar-refractivity contribution in [3.8, 4) is 0 Å². The summed E-state index contributed by atoms with van der Waals surface area (Å²) in [5.41, 5.74) is 2.13. The molecule has 1 N–H and O–H groups in total. The topological polar surface area (TPSA) is 34.1 Å². The summed E-state index contributed by atoms with van der Waals surface area (Å²) in [5.74, 6) is 0. The maximum Gasteiger partial charge on any atom is 0.0761 e. The first-order chi connectivity index (χ1) is 9.26. The zero-order valence-corrected chi connectivity index (χ0v) is 12.1. The first kappa shape index (κ1) is 14.3. The molecule has 2 rings (SSSR count). The number of fused-ring (bicyclic) bond motifs is 1. The highest BCUT2D eigenvalue weighted by Gasteiger charge is 2.08. The van der Waals surface area contributed by atoms with Crippen LogP contribution in [-0.4, -0.2) is 24.7 Å². The molecule has 19 heavy (non-hydrogen) atoms. The highest BCUT2D eigenvalue weighted by Crippen LogP contribution is 2.24. The van der Waals surface area contributed by atoms with E-state index in [1.54, 1.807) is 13.3 Å². The summed E-state index contributed by atoms with van der Waals surface area (Å²) >= 11 is 6.19. The third kappa shape index (κ3) is 3.44. The van der Waals surface area contributed by atoms with Crippen molar-refractivity contribution < 1.29 is 4.74 Å². The van der Waals surface area contributed by atoms with Gasteiger partial charge < -0.3 is 10.1 Å². The van der Waals surface area contributed by atoms with E-state index in [1.807, 2.05) is 24.3 Å². The average Bonchev–Trinajstić information content (AvgIpc) is 2.45. The van der Waals surface area contributed by atoms with Crippen molar-refractivity contribution in [2.45, 2.75) is 25.9 Å². The fourth-order valence-electron chi connectivity index (χ4n) is 2.12. The molecular formula is C15H19ClN2O. The smallest absolute Gasteiger partial charge is 0.0761 e. The van der Waals surface area contributed by atoms with Crippen molar-refractivity contribution in [2.75, 3.05) is 13.7 Å². The van der Waals surface area contributed by atoms with Crippen molar-refractivity contribution in [2.24, 2.45) is 0 Å². The van der Waals surface area contributed by atoms with Crippen molar-refractivity contribution in [3.05, 3.63) is 41.0 Å². The Labute approximate surface area is 118 Å². The second-order valence-corrected chi connectivity index (χ2v) is 4.95. The quantitative estimate of drug-likeness (QED) is 0.879. The number of hydrogen-bond donors (Lipinski definition) is 1. The fraction of sp³-hybridized carbons (Fsp3) is 0.400. The van der Waals surface area contributed by atoms with Crippen molar-refractivity contribution in [3.63, 3.8) is 0 Å². The highest BCUT2D eigenvalue weighted by molar-refractivity contribution is 6.35. The Morgan fingerprint density at radius 2 is 2.21 bits per heavy atom. The van der Waals surface area contributed by atoms with E-state index in [1.165, 1.54) is 0 Å². The van der Waals surface area contributed by atoms with Gasteiger partial charge in [-0.2, -0.15) is 0 Å². The van der Waals surface area contributed by atoms with Gasteiger partial charge in [-0.3, -0.25) is 4.98 Å². The Kier molecular flexibility index (Phi) is 5.14. The van der Waals surface area contributed by atoms with Crippen LogP contribution in [0.1, 0.15) is 18.9 Å². The standard InChI is InChI=1S/C15H19ClN2O/c1-3-12(10-19-2)18-9-11-6-7-14(16)13-5-4-8-17-15(11)13/h4-8,12,18H,3,9-10H2,1-2H3. The fourth-order valence-corrected chi connectivity index (χ4v) is 2.33. The number of hydrogen-bond acceptors (Lipinski definition) is 3. The second kappa shape index (κ2) is 6.85. The van der Waals surface area contributed by atoms with Gasteiger partial charge in [-0.25, -0.2) is 0 Å². The van der Waals surface area contributed by atoms with Gasteiger partial charge in [0, 0.05) is 36.3 Å². The molecule has 0 radical (unpaired) electrons. The monoisotopic (exact) mass is 278 g/mol. The summed E-state index contributed by atoms with van der Waals surface area (Å²) in [7, 11) is 1.73. The maximum absolute atomic E-state index is 6.19. The molecule has 1 aromatic heterocycles.